The lowest BCUT2D eigenvalue weighted by molar-refractivity contribution is -0.115. The third-order valence-corrected chi connectivity index (χ3v) is 6.15. The first kappa shape index (κ1) is 20.9. The second-order valence-electron chi connectivity index (χ2n) is 6.79. The van der Waals surface area contributed by atoms with Crippen molar-refractivity contribution in [3.63, 3.8) is 0 Å². The highest BCUT2D eigenvalue weighted by atomic mass is 32.2. The molecule has 31 heavy (non-hydrogen) atoms. The van der Waals surface area contributed by atoms with Crippen molar-refractivity contribution in [2.75, 3.05) is 32.0 Å². The molecule has 3 aromatic carbocycles. The Kier molecular flexibility index (Phi) is 6.23. The third-order valence-electron chi connectivity index (χ3n) is 4.93. The Balaban J connectivity index is 1.63. The fourth-order valence-corrected chi connectivity index (χ4v) is 4.65. The molecule has 0 spiro atoms. The van der Waals surface area contributed by atoms with E-state index in [1.807, 2.05) is 66.7 Å². The molecule has 1 fully saturated rings. The van der Waals surface area contributed by atoms with Crippen LogP contribution in [-0.4, -0.2) is 33.0 Å². The summed E-state index contributed by atoms with van der Waals surface area (Å²) in [6, 6.07) is 20.9. The highest BCUT2D eigenvalue weighted by Gasteiger charge is 2.35. The lowest BCUT2D eigenvalue weighted by atomic mass is 10.1. The molecule has 4 rings (SSSR count). The number of para-hydroxylation sites is 1. The quantitative estimate of drug-likeness (QED) is 0.501. The van der Waals surface area contributed by atoms with Gasteiger partial charge in [-0.1, -0.05) is 18.2 Å². The first-order valence-corrected chi connectivity index (χ1v) is 10.8. The van der Waals surface area contributed by atoms with Gasteiger partial charge in [0, 0.05) is 5.69 Å². The van der Waals surface area contributed by atoms with Gasteiger partial charge in [0.2, 0.25) is 11.7 Å². The van der Waals surface area contributed by atoms with Gasteiger partial charge in [-0.05, 0) is 54.1 Å². The molecular weight excluding hydrogens is 414 g/mol. The molecule has 3 aromatic rings. The fraction of sp³-hybridized carbons (Fsp3) is 0.208. The molecule has 7 heteroatoms. The molecule has 1 heterocycles. The lowest BCUT2D eigenvalue weighted by Gasteiger charge is -2.25. The largest absolute Gasteiger partial charge is 0.493 e. The molecule has 0 bridgehead atoms. The smallest absolute Gasteiger partial charge is 0.238 e. The van der Waals surface area contributed by atoms with Crippen LogP contribution in [0.2, 0.25) is 0 Å². The van der Waals surface area contributed by atoms with Crippen molar-refractivity contribution in [1.29, 1.82) is 0 Å². The van der Waals surface area contributed by atoms with Crippen molar-refractivity contribution >= 4 is 23.4 Å². The Hall–Kier alpha value is -3.32. The van der Waals surface area contributed by atoms with Crippen molar-refractivity contribution in [3.05, 3.63) is 72.3 Å². The number of benzene rings is 3. The Morgan fingerprint density at radius 3 is 2.03 bits per heavy atom. The molecule has 1 atom stereocenters. The first-order valence-electron chi connectivity index (χ1n) is 9.71. The number of carbonyl (C=O) groups is 1. The Morgan fingerprint density at radius 1 is 0.839 bits per heavy atom. The maximum atomic E-state index is 12.8. The minimum absolute atomic E-state index is 0.0421. The molecule has 6 nitrogen and oxygen atoms in total. The number of rotatable bonds is 7. The highest BCUT2D eigenvalue weighted by molar-refractivity contribution is 8.00. The van der Waals surface area contributed by atoms with Gasteiger partial charge in [-0.2, -0.15) is 0 Å². The average Bonchev–Trinajstić information content (AvgIpc) is 3.20. The normalized spacial score (nSPS) is 15.6. The van der Waals surface area contributed by atoms with E-state index in [0.29, 0.717) is 28.8 Å². The van der Waals surface area contributed by atoms with E-state index in [-0.39, 0.29) is 11.3 Å². The summed E-state index contributed by atoms with van der Waals surface area (Å²) in [5.41, 5.74) is 1.70. The maximum absolute atomic E-state index is 12.8. The molecule has 1 saturated heterocycles. The standard InChI is InChI=1S/C24H23NO5S/c1-27-20-13-16(14-21(28-2)23(20)29-3)24-25(22(26)15-31-24)17-9-11-19(12-10-17)30-18-7-5-4-6-8-18/h4-14,24H,15H2,1-3H3/t24-/m0/s1. The molecule has 1 amide bonds. The van der Waals surface area contributed by atoms with Gasteiger partial charge in [0.1, 0.15) is 16.9 Å². The molecular formula is C24H23NO5S. The number of anilines is 1. The SMILES string of the molecule is COc1cc([C@@H]2SCC(=O)N2c2ccc(Oc3ccccc3)cc2)cc(OC)c1OC. The average molecular weight is 438 g/mol. The van der Waals surface area contributed by atoms with E-state index >= 15 is 0 Å². The highest BCUT2D eigenvalue weighted by Crippen LogP contribution is 2.47. The molecule has 0 aliphatic carbocycles. The van der Waals surface area contributed by atoms with E-state index in [9.17, 15) is 4.79 Å². The van der Waals surface area contributed by atoms with Crippen LogP contribution in [0.1, 0.15) is 10.9 Å². The summed E-state index contributed by atoms with van der Waals surface area (Å²) < 4.78 is 22.3. The van der Waals surface area contributed by atoms with Crippen molar-refractivity contribution in [2.45, 2.75) is 5.37 Å². The summed E-state index contributed by atoms with van der Waals surface area (Å²) in [6.07, 6.45) is 0. The van der Waals surface area contributed by atoms with Crippen LogP contribution in [-0.2, 0) is 4.79 Å². The predicted molar refractivity (Wildman–Crippen MR) is 122 cm³/mol. The first-order chi connectivity index (χ1) is 15.1. The molecule has 160 valence electrons. The van der Waals surface area contributed by atoms with Crippen LogP contribution in [0, 0.1) is 0 Å². The van der Waals surface area contributed by atoms with Crippen LogP contribution in [0.3, 0.4) is 0 Å². The van der Waals surface area contributed by atoms with E-state index < -0.39 is 0 Å². The monoisotopic (exact) mass is 437 g/mol. The zero-order valence-corrected chi connectivity index (χ0v) is 18.3. The van der Waals surface area contributed by atoms with Crippen LogP contribution >= 0.6 is 11.8 Å². The number of thioether (sulfide) groups is 1. The number of carbonyl (C=O) groups excluding carboxylic acids is 1. The van der Waals surface area contributed by atoms with E-state index in [0.717, 1.165) is 17.0 Å². The van der Waals surface area contributed by atoms with Crippen LogP contribution < -0.4 is 23.8 Å². The van der Waals surface area contributed by atoms with E-state index in [2.05, 4.69) is 0 Å². The van der Waals surface area contributed by atoms with Crippen LogP contribution in [0.15, 0.2) is 66.7 Å². The van der Waals surface area contributed by atoms with Crippen molar-refractivity contribution in [1.82, 2.24) is 0 Å². The zero-order chi connectivity index (χ0) is 21.8. The van der Waals surface area contributed by atoms with Gasteiger partial charge in [0.25, 0.3) is 0 Å². The second kappa shape index (κ2) is 9.22. The predicted octanol–water partition coefficient (Wildman–Crippen LogP) is 5.28. The van der Waals surface area contributed by atoms with Gasteiger partial charge < -0.3 is 18.9 Å². The van der Waals surface area contributed by atoms with Gasteiger partial charge in [0.15, 0.2) is 11.5 Å². The maximum Gasteiger partial charge on any atom is 0.238 e. The molecule has 1 aliphatic rings. The molecule has 1 aliphatic heterocycles. The molecule has 0 aromatic heterocycles. The van der Waals surface area contributed by atoms with Gasteiger partial charge in [0.05, 0.1) is 27.1 Å². The fourth-order valence-electron chi connectivity index (χ4n) is 3.49. The van der Waals surface area contributed by atoms with Gasteiger partial charge in [-0.25, -0.2) is 0 Å². The molecule has 0 saturated carbocycles. The van der Waals surface area contributed by atoms with E-state index in [4.69, 9.17) is 18.9 Å². The minimum Gasteiger partial charge on any atom is -0.493 e. The number of ether oxygens (including phenoxy) is 4. The zero-order valence-electron chi connectivity index (χ0n) is 17.5. The number of hydrogen-bond acceptors (Lipinski definition) is 6. The topological polar surface area (TPSA) is 57.2 Å². The molecule has 0 radical (unpaired) electrons. The minimum atomic E-state index is -0.206. The Labute approximate surface area is 185 Å². The number of hydrogen-bond donors (Lipinski definition) is 0. The number of amides is 1. The van der Waals surface area contributed by atoms with Crippen LogP contribution in [0.25, 0.3) is 0 Å². The Bertz CT molecular complexity index is 1030. The summed E-state index contributed by atoms with van der Waals surface area (Å²) >= 11 is 1.56. The van der Waals surface area contributed by atoms with Crippen LogP contribution in [0.4, 0.5) is 5.69 Å². The number of methoxy groups -OCH3 is 3. The summed E-state index contributed by atoms with van der Waals surface area (Å²) in [4.78, 5) is 14.5. The van der Waals surface area contributed by atoms with Gasteiger partial charge in [-0.3, -0.25) is 9.69 Å². The Morgan fingerprint density at radius 2 is 1.45 bits per heavy atom. The summed E-state index contributed by atoms with van der Waals surface area (Å²) in [5, 5.41) is -0.206. The second-order valence-corrected chi connectivity index (χ2v) is 7.86. The summed E-state index contributed by atoms with van der Waals surface area (Å²) in [6.45, 7) is 0. The van der Waals surface area contributed by atoms with Crippen molar-refractivity contribution < 1.29 is 23.7 Å². The molecule has 0 unspecified atom stereocenters. The number of nitrogens with zero attached hydrogens (tertiary/aromatic N) is 1. The third kappa shape index (κ3) is 4.27. The van der Waals surface area contributed by atoms with Gasteiger partial charge in [-0.15, -0.1) is 11.8 Å². The summed E-state index contributed by atoms with van der Waals surface area (Å²) in [5.74, 6) is 3.55. The van der Waals surface area contributed by atoms with E-state index in [1.165, 1.54) is 0 Å². The van der Waals surface area contributed by atoms with Crippen LogP contribution in [0.5, 0.6) is 28.7 Å². The van der Waals surface area contributed by atoms with Crippen molar-refractivity contribution in [3.8, 4) is 28.7 Å². The van der Waals surface area contributed by atoms with E-state index in [1.54, 1.807) is 38.0 Å². The van der Waals surface area contributed by atoms with Gasteiger partial charge >= 0.3 is 0 Å². The lowest BCUT2D eigenvalue weighted by Crippen LogP contribution is -2.27. The summed E-state index contributed by atoms with van der Waals surface area (Å²) in [7, 11) is 4.73. The molecule has 0 N–H and O–H groups in total. The van der Waals surface area contributed by atoms with Crippen molar-refractivity contribution in [2.24, 2.45) is 0 Å².